The molecule has 0 radical (unpaired) electrons. The number of carbonyl (C=O) groups excluding carboxylic acids is 1. The van der Waals surface area contributed by atoms with Gasteiger partial charge in [-0.2, -0.15) is 0 Å². The zero-order valence-corrected chi connectivity index (χ0v) is 20.4. The Morgan fingerprint density at radius 2 is 2.00 bits per heavy atom. The number of nitrogens with zero attached hydrogens (tertiary/aromatic N) is 1. The molecule has 1 amide bonds. The van der Waals surface area contributed by atoms with Crippen LogP contribution in [-0.2, 0) is 11.2 Å². The fourth-order valence-corrected chi connectivity index (χ4v) is 5.93. The lowest BCUT2D eigenvalue weighted by Gasteiger charge is -2.44. The number of piperidine rings is 3. The van der Waals surface area contributed by atoms with E-state index in [1.165, 1.54) is 6.07 Å². The number of fused-ring (bicyclic) bond motifs is 4. The minimum Gasteiger partial charge on any atom is -0.493 e. The Morgan fingerprint density at radius 3 is 2.71 bits per heavy atom. The zero-order valence-electron chi connectivity index (χ0n) is 20.4. The third kappa shape index (κ3) is 4.40. The molecule has 182 valence electrons. The quantitative estimate of drug-likeness (QED) is 0.591. The van der Waals surface area contributed by atoms with E-state index in [9.17, 15) is 9.18 Å². The van der Waals surface area contributed by atoms with Crippen LogP contribution in [0.2, 0.25) is 0 Å². The first-order chi connectivity index (χ1) is 16.4. The molecule has 0 spiro atoms. The summed E-state index contributed by atoms with van der Waals surface area (Å²) in [5.41, 5.74) is 3.32. The van der Waals surface area contributed by atoms with Crippen LogP contribution < -0.4 is 10.1 Å². The molecule has 3 fully saturated rings. The molecular weight excluding hydrogens is 431 g/mol. The van der Waals surface area contributed by atoms with Crippen molar-refractivity contribution >= 4 is 6.09 Å². The van der Waals surface area contributed by atoms with Crippen LogP contribution in [0, 0.1) is 17.2 Å². The van der Waals surface area contributed by atoms with E-state index in [2.05, 4.69) is 30.1 Å². The maximum atomic E-state index is 14.8. The Labute approximate surface area is 201 Å². The van der Waals surface area contributed by atoms with E-state index in [4.69, 9.17) is 9.47 Å². The number of alkyl carbamates (subject to hydrolysis) is 1. The fraction of sp³-hybridized carbons (Fsp3) is 0.536. The van der Waals surface area contributed by atoms with Gasteiger partial charge in [-0.3, -0.25) is 4.90 Å². The summed E-state index contributed by atoms with van der Waals surface area (Å²) in [7, 11) is 0. The van der Waals surface area contributed by atoms with Crippen molar-refractivity contribution < 1.29 is 18.7 Å². The molecule has 3 aliphatic heterocycles. The number of amides is 1. The summed E-state index contributed by atoms with van der Waals surface area (Å²) >= 11 is 0. The predicted molar refractivity (Wildman–Crippen MR) is 130 cm³/mol. The minimum atomic E-state index is -0.335. The first kappa shape index (κ1) is 23.2. The number of nitrogens with one attached hydrogen (secondary N) is 1. The average molecular weight is 467 g/mol. The van der Waals surface area contributed by atoms with Crippen molar-refractivity contribution in [3.63, 3.8) is 0 Å². The van der Waals surface area contributed by atoms with E-state index >= 15 is 0 Å². The van der Waals surface area contributed by atoms with E-state index in [0.717, 1.165) is 62.0 Å². The topological polar surface area (TPSA) is 50.8 Å². The number of carbonyl (C=O) groups is 1. The Kier molecular flexibility index (Phi) is 6.28. The van der Waals surface area contributed by atoms with Gasteiger partial charge < -0.3 is 14.8 Å². The van der Waals surface area contributed by atoms with Gasteiger partial charge in [0, 0.05) is 6.54 Å². The summed E-state index contributed by atoms with van der Waals surface area (Å²) in [6, 6.07) is 10.8. The van der Waals surface area contributed by atoms with Gasteiger partial charge in [0.1, 0.15) is 17.7 Å². The van der Waals surface area contributed by atoms with Gasteiger partial charge in [0.05, 0.1) is 18.2 Å². The molecule has 1 aliphatic carbocycles. The standard InChI is InChI=1S/C28H35FN2O3/c1-4-14-33-23-7-5-6-22(29)25(23)19-8-9-21-20(15-19)16-28(2,3)26(21)30-27(32)34-24-17-31-12-10-18(24)11-13-31/h5-9,15,18,24,26H,4,10-14,16-17H2,1-3H3,(H,30,32)/t24-,26?/m1/s1. The monoisotopic (exact) mass is 466 g/mol. The average Bonchev–Trinajstić information content (AvgIpc) is 3.07. The summed E-state index contributed by atoms with van der Waals surface area (Å²) < 4.78 is 26.6. The Bertz CT molecular complexity index is 1060. The lowest BCUT2D eigenvalue weighted by atomic mass is 9.85. The lowest BCUT2D eigenvalue weighted by Crippen LogP contribution is -2.53. The molecule has 2 atom stereocenters. The Hall–Kier alpha value is -2.60. The smallest absolute Gasteiger partial charge is 0.407 e. The molecule has 3 heterocycles. The lowest BCUT2D eigenvalue weighted by molar-refractivity contribution is -0.0348. The maximum Gasteiger partial charge on any atom is 0.407 e. The van der Waals surface area contributed by atoms with Crippen LogP contribution in [0.3, 0.4) is 0 Å². The number of benzene rings is 2. The summed E-state index contributed by atoms with van der Waals surface area (Å²) in [4.78, 5) is 15.3. The number of ether oxygens (including phenoxy) is 2. The van der Waals surface area contributed by atoms with Crippen LogP contribution in [0.1, 0.15) is 57.2 Å². The molecule has 2 bridgehead atoms. The largest absolute Gasteiger partial charge is 0.493 e. The number of hydrogen-bond donors (Lipinski definition) is 1. The number of hydrogen-bond acceptors (Lipinski definition) is 4. The maximum absolute atomic E-state index is 14.8. The highest BCUT2D eigenvalue weighted by molar-refractivity contribution is 5.73. The summed E-state index contributed by atoms with van der Waals surface area (Å²) in [6.07, 6.45) is 3.52. The molecule has 0 saturated carbocycles. The second kappa shape index (κ2) is 9.21. The highest BCUT2D eigenvalue weighted by Crippen LogP contribution is 2.47. The summed E-state index contributed by atoms with van der Waals surface area (Å²) in [5.74, 6) is 0.753. The SMILES string of the molecule is CCCOc1cccc(F)c1-c1ccc2c(c1)CC(C)(C)C2NC(=O)O[C@@H]1CN2CCC1CC2. The fourth-order valence-electron chi connectivity index (χ4n) is 5.93. The van der Waals surface area contributed by atoms with Crippen LogP contribution in [0.15, 0.2) is 36.4 Å². The van der Waals surface area contributed by atoms with Crippen molar-refractivity contribution in [1.29, 1.82) is 0 Å². The van der Waals surface area contributed by atoms with E-state index in [0.29, 0.717) is 23.8 Å². The van der Waals surface area contributed by atoms with Crippen molar-refractivity contribution in [1.82, 2.24) is 10.2 Å². The number of halogens is 1. The summed E-state index contributed by atoms with van der Waals surface area (Å²) in [5, 5.41) is 3.16. The van der Waals surface area contributed by atoms with Crippen LogP contribution in [0.4, 0.5) is 9.18 Å². The third-order valence-corrected chi connectivity index (χ3v) is 7.72. The molecule has 4 aliphatic rings. The molecule has 1 N–H and O–H groups in total. The van der Waals surface area contributed by atoms with Crippen LogP contribution in [0.5, 0.6) is 5.75 Å². The van der Waals surface area contributed by atoms with Gasteiger partial charge in [-0.05, 0) is 78.9 Å². The number of rotatable bonds is 6. The highest BCUT2D eigenvalue weighted by Gasteiger charge is 2.42. The molecule has 2 aromatic carbocycles. The van der Waals surface area contributed by atoms with Gasteiger partial charge in [0.25, 0.3) is 0 Å². The van der Waals surface area contributed by atoms with Crippen LogP contribution in [0.25, 0.3) is 11.1 Å². The second-order valence-electron chi connectivity index (χ2n) is 10.7. The summed E-state index contributed by atoms with van der Waals surface area (Å²) in [6.45, 7) is 9.97. The van der Waals surface area contributed by atoms with Crippen LogP contribution in [-0.4, -0.2) is 43.3 Å². The van der Waals surface area contributed by atoms with E-state index in [1.807, 2.05) is 25.1 Å². The molecule has 6 heteroatoms. The molecule has 3 saturated heterocycles. The molecule has 34 heavy (non-hydrogen) atoms. The van der Waals surface area contributed by atoms with E-state index < -0.39 is 0 Å². The van der Waals surface area contributed by atoms with E-state index in [1.54, 1.807) is 6.07 Å². The third-order valence-electron chi connectivity index (χ3n) is 7.72. The van der Waals surface area contributed by atoms with Gasteiger partial charge >= 0.3 is 6.09 Å². The molecule has 1 unspecified atom stereocenters. The minimum absolute atomic E-state index is 0.0172. The van der Waals surface area contributed by atoms with Gasteiger partial charge in [0.2, 0.25) is 0 Å². The molecule has 6 rings (SSSR count). The zero-order chi connectivity index (χ0) is 23.9. The highest BCUT2D eigenvalue weighted by atomic mass is 19.1. The predicted octanol–water partition coefficient (Wildman–Crippen LogP) is 5.73. The molecule has 5 nitrogen and oxygen atoms in total. The normalized spacial score (nSPS) is 26.7. The van der Waals surface area contributed by atoms with Crippen molar-refractivity contribution in [3.8, 4) is 16.9 Å². The van der Waals surface area contributed by atoms with Gasteiger partial charge in [-0.15, -0.1) is 0 Å². The first-order valence-corrected chi connectivity index (χ1v) is 12.6. The van der Waals surface area contributed by atoms with Crippen molar-refractivity contribution in [2.24, 2.45) is 11.3 Å². The second-order valence-corrected chi connectivity index (χ2v) is 10.7. The van der Waals surface area contributed by atoms with Crippen molar-refractivity contribution in [3.05, 3.63) is 53.3 Å². The molecular formula is C28H35FN2O3. The van der Waals surface area contributed by atoms with Crippen molar-refractivity contribution in [2.45, 2.75) is 58.6 Å². The van der Waals surface area contributed by atoms with Gasteiger partial charge in [-0.25, -0.2) is 9.18 Å². The van der Waals surface area contributed by atoms with Gasteiger partial charge in [0.15, 0.2) is 0 Å². The van der Waals surface area contributed by atoms with Crippen LogP contribution >= 0.6 is 0 Å². The molecule has 0 aromatic heterocycles. The first-order valence-electron chi connectivity index (χ1n) is 12.6. The molecule has 2 aromatic rings. The Balaban J connectivity index is 1.36. The van der Waals surface area contributed by atoms with E-state index in [-0.39, 0.29) is 29.5 Å². The Morgan fingerprint density at radius 1 is 1.21 bits per heavy atom. The van der Waals surface area contributed by atoms with Crippen molar-refractivity contribution in [2.75, 3.05) is 26.2 Å². The van der Waals surface area contributed by atoms with Gasteiger partial charge in [-0.1, -0.05) is 45.0 Å².